The van der Waals surface area contributed by atoms with Crippen LogP contribution in [0.1, 0.15) is 0 Å². The average Bonchev–Trinajstić information content (AvgIpc) is 2.06. The van der Waals surface area contributed by atoms with Crippen LogP contribution in [0.25, 0.3) is 0 Å². The van der Waals surface area contributed by atoms with Crippen LogP contribution in [-0.4, -0.2) is 31.2 Å². The van der Waals surface area contributed by atoms with E-state index in [1.54, 1.807) is 0 Å². The minimum absolute atomic E-state index is 0.0390. The Hall–Kier alpha value is -1.10. The molecule has 0 saturated carbocycles. The molecule has 1 aliphatic rings. The molecule has 1 N–H and O–H groups in total. The molecular weight excluding hydrogens is 140 g/mol. The van der Waals surface area contributed by atoms with Gasteiger partial charge in [0.1, 0.15) is 0 Å². The summed E-state index contributed by atoms with van der Waals surface area (Å²) < 4.78 is 0. The van der Waals surface area contributed by atoms with E-state index in [0.29, 0.717) is 6.54 Å². The maximum absolute atomic E-state index is 8.58. The van der Waals surface area contributed by atoms with Crippen LogP contribution in [0.5, 0.6) is 0 Å². The van der Waals surface area contributed by atoms with Crippen LogP contribution in [0.4, 0.5) is 0 Å². The molecule has 0 aliphatic carbocycles. The summed E-state index contributed by atoms with van der Waals surface area (Å²) in [6.45, 7) is 2.60. The summed E-state index contributed by atoms with van der Waals surface area (Å²) in [5.41, 5.74) is 0. The summed E-state index contributed by atoms with van der Waals surface area (Å²) in [6.07, 6.45) is 0. The zero-order valence-corrected chi connectivity index (χ0v) is 6.25. The highest BCUT2D eigenvalue weighted by Gasteiger charge is 2.17. The Bertz CT molecular complexity index is 199. The molecule has 1 saturated heterocycles. The second-order valence-electron chi connectivity index (χ2n) is 2.61. The SMILES string of the molecule is N#CCN1CNCC(C#N)C1. The van der Waals surface area contributed by atoms with Gasteiger partial charge < -0.3 is 5.32 Å². The van der Waals surface area contributed by atoms with E-state index in [-0.39, 0.29) is 5.92 Å². The maximum Gasteiger partial charge on any atom is 0.0876 e. The lowest BCUT2D eigenvalue weighted by Crippen LogP contribution is -2.46. The van der Waals surface area contributed by atoms with Crippen LogP contribution >= 0.6 is 0 Å². The van der Waals surface area contributed by atoms with Crippen molar-refractivity contribution in [3.63, 3.8) is 0 Å². The normalized spacial score (nSPS) is 25.5. The third-order valence-corrected chi connectivity index (χ3v) is 1.68. The van der Waals surface area contributed by atoms with Crippen molar-refractivity contribution in [1.82, 2.24) is 10.2 Å². The third-order valence-electron chi connectivity index (χ3n) is 1.68. The zero-order valence-electron chi connectivity index (χ0n) is 6.25. The van der Waals surface area contributed by atoms with Gasteiger partial charge >= 0.3 is 0 Å². The van der Waals surface area contributed by atoms with E-state index in [1.807, 2.05) is 4.90 Å². The molecule has 1 aliphatic heterocycles. The zero-order chi connectivity index (χ0) is 8.10. The lowest BCUT2D eigenvalue weighted by molar-refractivity contribution is 0.210. The van der Waals surface area contributed by atoms with Gasteiger partial charge in [-0.25, -0.2) is 0 Å². The van der Waals surface area contributed by atoms with Crippen molar-refractivity contribution in [1.29, 1.82) is 10.5 Å². The van der Waals surface area contributed by atoms with E-state index >= 15 is 0 Å². The summed E-state index contributed by atoms with van der Waals surface area (Å²) in [7, 11) is 0. The van der Waals surface area contributed by atoms with Crippen LogP contribution in [-0.2, 0) is 0 Å². The number of nitrogens with one attached hydrogen (secondary N) is 1. The lowest BCUT2D eigenvalue weighted by atomic mass is 10.1. The molecule has 0 spiro atoms. The average molecular weight is 150 g/mol. The molecule has 0 aromatic rings. The van der Waals surface area contributed by atoms with Gasteiger partial charge in [-0.05, 0) is 0 Å². The highest BCUT2D eigenvalue weighted by atomic mass is 15.2. The summed E-state index contributed by atoms with van der Waals surface area (Å²) in [4.78, 5) is 1.93. The van der Waals surface area contributed by atoms with Crippen molar-refractivity contribution in [2.75, 3.05) is 26.3 Å². The molecule has 1 fully saturated rings. The van der Waals surface area contributed by atoms with E-state index < -0.39 is 0 Å². The van der Waals surface area contributed by atoms with E-state index in [4.69, 9.17) is 10.5 Å². The standard InChI is InChI=1S/C7H10N4/c8-1-2-11-5-7(3-9)4-10-6-11/h7,10H,2,4-6H2. The van der Waals surface area contributed by atoms with Crippen molar-refractivity contribution < 1.29 is 0 Å². The predicted molar refractivity (Wildman–Crippen MR) is 39.2 cm³/mol. The minimum Gasteiger partial charge on any atom is -0.303 e. The van der Waals surface area contributed by atoms with Gasteiger partial charge in [-0.2, -0.15) is 10.5 Å². The second kappa shape index (κ2) is 3.92. The molecule has 0 bridgehead atoms. The summed E-state index contributed by atoms with van der Waals surface area (Å²) in [5, 5.41) is 20.0. The Morgan fingerprint density at radius 1 is 1.55 bits per heavy atom. The van der Waals surface area contributed by atoms with Gasteiger partial charge in [0.05, 0.1) is 24.6 Å². The highest BCUT2D eigenvalue weighted by Crippen LogP contribution is 2.01. The Morgan fingerprint density at radius 3 is 3.00 bits per heavy atom. The van der Waals surface area contributed by atoms with Crippen molar-refractivity contribution in [3.8, 4) is 12.1 Å². The molecule has 4 nitrogen and oxygen atoms in total. The second-order valence-corrected chi connectivity index (χ2v) is 2.61. The largest absolute Gasteiger partial charge is 0.303 e. The molecule has 0 aromatic carbocycles. The first-order valence-electron chi connectivity index (χ1n) is 3.56. The summed E-state index contributed by atoms with van der Waals surface area (Å²) >= 11 is 0. The Kier molecular flexibility index (Phi) is 2.85. The first kappa shape index (κ1) is 8.00. The molecule has 1 heterocycles. The topological polar surface area (TPSA) is 62.9 Å². The predicted octanol–water partition coefficient (Wildman–Crippen LogP) is -0.488. The Morgan fingerprint density at radius 2 is 2.36 bits per heavy atom. The number of nitriles is 2. The van der Waals surface area contributed by atoms with Crippen LogP contribution in [0.3, 0.4) is 0 Å². The highest BCUT2D eigenvalue weighted by molar-refractivity contribution is 4.91. The quantitative estimate of drug-likeness (QED) is 0.512. The van der Waals surface area contributed by atoms with E-state index in [9.17, 15) is 0 Å². The van der Waals surface area contributed by atoms with Gasteiger partial charge in [0, 0.05) is 19.8 Å². The molecule has 4 heteroatoms. The monoisotopic (exact) mass is 150 g/mol. The van der Waals surface area contributed by atoms with Gasteiger partial charge in [0.2, 0.25) is 0 Å². The number of rotatable bonds is 1. The molecule has 1 unspecified atom stereocenters. The fourth-order valence-corrected chi connectivity index (χ4v) is 1.14. The molecule has 0 aromatic heterocycles. The lowest BCUT2D eigenvalue weighted by Gasteiger charge is -2.27. The molecular formula is C7H10N4. The Balaban J connectivity index is 2.36. The molecule has 11 heavy (non-hydrogen) atoms. The van der Waals surface area contributed by atoms with Crippen LogP contribution in [0, 0.1) is 28.6 Å². The van der Waals surface area contributed by atoms with Crippen molar-refractivity contribution in [3.05, 3.63) is 0 Å². The molecule has 0 amide bonds. The smallest absolute Gasteiger partial charge is 0.0876 e. The van der Waals surface area contributed by atoms with E-state index in [1.165, 1.54) is 0 Å². The van der Waals surface area contributed by atoms with Gasteiger partial charge in [0.15, 0.2) is 0 Å². The van der Waals surface area contributed by atoms with Crippen LogP contribution in [0.2, 0.25) is 0 Å². The third kappa shape index (κ3) is 2.19. The van der Waals surface area contributed by atoms with Gasteiger partial charge in [0.25, 0.3) is 0 Å². The van der Waals surface area contributed by atoms with Crippen molar-refractivity contribution in [2.45, 2.75) is 0 Å². The summed E-state index contributed by atoms with van der Waals surface area (Å²) in [6, 6.07) is 4.24. The molecule has 1 rings (SSSR count). The number of hydrogen-bond acceptors (Lipinski definition) is 4. The fourth-order valence-electron chi connectivity index (χ4n) is 1.14. The van der Waals surface area contributed by atoms with Gasteiger partial charge in [-0.3, -0.25) is 4.90 Å². The summed E-state index contributed by atoms with van der Waals surface area (Å²) in [5.74, 6) is 0.0390. The minimum atomic E-state index is 0.0390. The molecule has 1 atom stereocenters. The molecule has 58 valence electrons. The number of hydrogen-bond donors (Lipinski definition) is 1. The molecule has 0 radical (unpaired) electrons. The van der Waals surface area contributed by atoms with Gasteiger partial charge in [-0.1, -0.05) is 0 Å². The Labute approximate surface area is 66.0 Å². The van der Waals surface area contributed by atoms with Crippen molar-refractivity contribution >= 4 is 0 Å². The fraction of sp³-hybridized carbons (Fsp3) is 0.714. The van der Waals surface area contributed by atoms with Crippen LogP contribution < -0.4 is 5.32 Å². The van der Waals surface area contributed by atoms with E-state index in [0.717, 1.165) is 19.8 Å². The van der Waals surface area contributed by atoms with E-state index in [2.05, 4.69) is 17.5 Å². The number of nitrogens with zero attached hydrogens (tertiary/aromatic N) is 3. The first-order valence-corrected chi connectivity index (χ1v) is 3.56. The van der Waals surface area contributed by atoms with Gasteiger partial charge in [-0.15, -0.1) is 0 Å². The first-order chi connectivity index (χ1) is 5.36. The maximum atomic E-state index is 8.58. The van der Waals surface area contributed by atoms with Crippen molar-refractivity contribution in [2.24, 2.45) is 5.92 Å². The van der Waals surface area contributed by atoms with Crippen LogP contribution in [0.15, 0.2) is 0 Å².